The number of hydrogen-bond donors (Lipinski definition) is 0. The van der Waals surface area contributed by atoms with Crippen LogP contribution in [-0.4, -0.2) is 51.7 Å². The lowest BCUT2D eigenvalue weighted by molar-refractivity contribution is -0.124. The smallest absolute Gasteiger partial charge is 0.271 e. The SMILES string of the molecule is COc1cc2cc(C(=O)N3CCC=C(Cl)C3=O)cc(OC)c2c(OC)c1OC. The number of imide groups is 1. The number of rotatable bonds is 5. The molecule has 1 heterocycles. The molecule has 0 saturated carbocycles. The standard InChI is InChI=1S/C20H20ClNO6/c1-25-14-10-12(19(23)22-7-5-6-13(21)20(22)24)8-11-9-15(26-2)17(27-3)18(28-4)16(11)14/h6,8-10H,5,7H2,1-4H3. The second kappa shape index (κ2) is 7.98. The van der Waals surface area contributed by atoms with Gasteiger partial charge in [-0.1, -0.05) is 17.7 Å². The summed E-state index contributed by atoms with van der Waals surface area (Å²) in [5.74, 6) is 0.723. The van der Waals surface area contributed by atoms with Gasteiger partial charge in [-0.25, -0.2) is 0 Å². The lowest BCUT2D eigenvalue weighted by Gasteiger charge is -2.24. The summed E-state index contributed by atoms with van der Waals surface area (Å²) in [6, 6.07) is 4.95. The van der Waals surface area contributed by atoms with Crippen LogP contribution in [0.15, 0.2) is 29.3 Å². The van der Waals surface area contributed by atoms with Crippen molar-refractivity contribution in [3.63, 3.8) is 0 Å². The van der Waals surface area contributed by atoms with Gasteiger partial charge >= 0.3 is 0 Å². The Kier molecular flexibility index (Phi) is 5.65. The van der Waals surface area contributed by atoms with Gasteiger partial charge in [0, 0.05) is 12.1 Å². The number of methoxy groups -OCH3 is 4. The molecule has 0 unspecified atom stereocenters. The molecule has 2 aromatic carbocycles. The first kappa shape index (κ1) is 19.8. The number of nitrogens with zero attached hydrogens (tertiary/aromatic N) is 1. The molecule has 7 nitrogen and oxygen atoms in total. The van der Waals surface area contributed by atoms with Crippen LogP contribution < -0.4 is 18.9 Å². The summed E-state index contributed by atoms with van der Waals surface area (Å²) in [6.07, 6.45) is 2.12. The molecule has 0 aromatic heterocycles. The highest BCUT2D eigenvalue weighted by Gasteiger charge is 2.29. The van der Waals surface area contributed by atoms with Crippen LogP contribution in [0.25, 0.3) is 10.8 Å². The highest BCUT2D eigenvalue weighted by molar-refractivity contribution is 6.43. The van der Waals surface area contributed by atoms with E-state index in [0.29, 0.717) is 45.8 Å². The molecule has 2 aromatic rings. The second-order valence-electron chi connectivity index (χ2n) is 6.02. The van der Waals surface area contributed by atoms with E-state index in [2.05, 4.69) is 0 Å². The summed E-state index contributed by atoms with van der Waals surface area (Å²) in [7, 11) is 6.02. The fraction of sp³-hybridized carbons (Fsp3) is 0.300. The van der Waals surface area contributed by atoms with Crippen LogP contribution >= 0.6 is 11.6 Å². The summed E-state index contributed by atoms with van der Waals surface area (Å²) in [6.45, 7) is 0.267. The van der Waals surface area contributed by atoms with E-state index in [-0.39, 0.29) is 11.6 Å². The molecule has 0 fully saturated rings. The lowest BCUT2D eigenvalue weighted by atomic mass is 10.0. The number of carbonyl (C=O) groups is 2. The Morgan fingerprint density at radius 1 is 0.964 bits per heavy atom. The lowest BCUT2D eigenvalue weighted by Crippen LogP contribution is -2.39. The molecule has 8 heteroatoms. The average Bonchev–Trinajstić information content (AvgIpc) is 2.72. The van der Waals surface area contributed by atoms with Crippen LogP contribution in [-0.2, 0) is 4.79 Å². The molecule has 148 valence electrons. The van der Waals surface area contributed by atoms with E-state index in [1.54, 1.807) is 24.3 Å². The van der Waals surface area contributed by atoms with Crippen LogP contribution in [0.1, 0.15) is 16.8 Å². The molecule has 0 aliphatic carbocycles. The summed E-state index contributed by atoms with van der Waals surface area (Å²) in [5, 5.41) is 1.31. The molecule has 1 aliphatic rings. The predicted molar refractivity (Wildman–Crippen MR) is 105 cm³/mol. The minimum atomic E-state index is -0.512. The Bertz CT molecular complexity index is 985. The van der Waals surface area contributed by atoms with Crippen molar-refractivity contribution in [3.8, 4) is 23.0 Å². The number of hydrogen-bond acceptors (Lipinski definition) is 6. The molecule has 2 amide bonds. The molecule has 0 atom stereocenters. The van der Waals surface area contributed by atoms with Gasteiger partial charge in [-0.15, -0.1) is 0 Å². The Morgan fingerprint density at radius 3 is 2.25 bits per heavy atom. The van der Waals surface area contributed by atoms with Crippen molar-refractivity contribution >= 4 is 34.2 Å². The van der Waals surface area contributed by atoms with Gasteiger partial charge in [0.2, 0.25) is 5.75 Å². The van der Waals surface area contributed by atoms with Crippen molar-refractivity contribution in [2.24, 2.45) is 0 Å². The second-order valence-corrected chi connectivity index (χ2v) is 6.43. The van der Waals surface area contributed by atoms with Gasteiger partial charge in [0.1, 0.15) is 10.8 Å². The van der Waals surface area contributed by atoms with E-state index < -0.39 is 11.8 Å². The molecule has 0 bridgehead atoms. The maximum absolute atomic E-state index is 13.0. The molecular weight excluding hydrogens is 386 g/mol. The fourth-order valence-electron chi connectivity index (χ4n) is 3.24. The predicted octanol–water partition coefficient (Wildman–Crippen LogP) is 3.37. The first-order valence-corrected chi connectivity index (χ1v) is 8.87. The summed E-state index contributed by atoms with van der Waals surface area (Å²) in [5.41, 5.74) is 0.290. The third kappa shape index (κ3) is 3.22. The first-order valence-electron chi connectivity index (χ1n) is 8.49. The Morgan fingerprint density at radius 2 is 1.64 bits per heavy atom. The topological polar surface area (TPSA) is 74.3 Å². The van der Waals surface area contributed by atoms with Crippen LogP contribution in [0, 0.1) is 0 Å². The number of halogens is 1. The monoisotopic (exact) mass is 405 g/mol. The van der Waals surface area contributed by atoms with Gasteiger partial charge < -0.3 is 18.9 Å². The van der Waals surface area contributed by atoms with Gasteiger partial charge in [-0.3, -0.25) is 14.5 Å². The third-order valence-corrected chi connectivity index (χ3v) is 4.86. The first-order chi connectivity index (χ1) is 13.5. The van der Waals surface area contributed by atoms with Gasteiger partial charge in [-0.2, -0.15) is 0 Å². The number of carbonyl (C=O) groups excluding carboxylic acids is 2. The zero-order valence-corrected chi connectivity index (χ0v) is 16.8. The van der Waals surface area contributed by atoms with Crippen LogP contribution in [0.3, 0.4) is 0 Å². The molecular formula is C20H20ClNO6. The minimum Gasteiger partial charge on any atom is -0.496 e. The van der Waals surface area contributed by atoms with E-state index in [0.717, 1.165) is 4.90 Å². The van der Waals surface area contributed by atoms with E-state index in [9.17, 15) is 9.59 Å². The maximum Gasteiger partial charge on any atom is 0.271 e. The van der Waals surface area contributed by atoms with Crippen LogP contribution in [0.4, 0.5) is 0 Å². The highest BCUT2D eigenvalue weighted by Crippen LogP contribution is 2.47. The van der Waals surface area contributed by atoms with Gasteiger partial charge in [0.05, 0.1) is 33.8 Å². The average molecular weight is 406 g/mol. The summed E-state index contributed by atoms with van der Waals surface area (Å²) < 4.78 is 21.8. The van der Waals surface area contributed by atoms with E-state index >= 15 is 0 Å². The number of ether oxygens (including phenoxy) is 4. The zero-order chi connectivity index (χ0) is 20.4. The van der Waals surface area contributed by atoms with E-state index in [4.69, 9.17) is 30.5 Å². The Balaban J connectivity index is 2.20. The van der Waals surface area contributed by atoms with Crippen molar-refractivity contribution in [1.29, 1.82) is 0 Å². The zero-order valence-electron chi connectivity index (χ0n) is 16.0. The number of amides is 2. The van der Waals surface area contributed by atoms with Crippen molar-refractivity contribution in [3.05, 3.63) is 34.9 Å². The summed E-state index contributed by atoms with van der Waals surface area (Å²) >= 11 is 5.91. The van der Waals surface area contributed by atoms with E-state index in [1.807, 2.05) is 0 Å². The molecule has 0 spiro atoms. The minimum absolute atomic E-state index is 0.0421. The van der Waals surface area contributed by atoms with E-state index in [1.165, 1.54) is 28.4 Å². The highest BCUT2D eigenvalue weighted by atomic mass is 35.5. The molecule has 28 heavy (non-hydrogen) atoms. The number of fused-ring (bicyclic) bond motifs is 1. The van der Waals surface area contributed by atoms with Gasteiger partial charge in [0.25, 0.3) is 11.8 Å². The third-order valence-electron chi connectivity index (χ3n) is 4.54. The summed E-state index contributed by atoms with van der Waals surface area (Å²) in [4.78, 5) is 26.4. The Labute approximate surface area is 167 Å². The number of benzene rings is 2. The fourth-order valence-corrected chi connectivity index (χ4v) is 3.45. The molecule has 0 N–H and O–H groups in total. The normalized spacial score (nSPS) is 14.0. The van der Waals surface area contributed by atoms with Crippen LogP contribution in [0.2, 0.25) is 0 Å². The quantitative estimate of drug-likeness (QED) is 0.710. The van der Waals surface area contributed by atoms with Crippen molar-refractivity contribution in [1.82, 2.24) is 4.90 Å². The Hall–Kier alpha value is -2.93. The molecule has 0 radical (unpaired) electrons. The van der Waals surface area contributed by atoms with Gasteiger partial charge in [0.15, 0.2) is 11.5 Å². The maximum atomic E-state index is 13.0. The van der Waals surface area contributed by atoms with Crippen LogP contribution in [0.5, 0.6) is 23.0 Å². The molecule has 0 saturated heterocycles. The largest absolute Gasteiger partial charge is 0.496 e. The molecule has 3 rings (SSSR count). The van der Waals surface area contributed by atoms with Crippen molar-refractivity contribution in [2.75, 3.05) is 35.0 Å². The van der Waals surface area contributed by atoms with Gasteiger partial charge in [-0.05, 0) is 30.0 Å². The van der Waals surface area contributed by atoms with Crippen molar-refractivity contribution in [2.45, 2.75) is 6.42 Å². The van der Waals surface area contributed by atoms with Crippen molar-refractivity contribution < 1.29 is 28.5 Å². The molecule has 1 aliphatic heterocycles.